The van der Waals surface area contributed by atoms with E-state index in [1.165, 1.54) is 18.5 Å². The summed E-state index contributed by atoms with van der Waals surface area (Å²) < 4.78 is 1.95. The molecule has 6 heteroatoms. The molecule has 0 spiro atoms. The van der Waals surface area contributed by atoms with Crippen LogP contribution in [0.15, 0.2) is 6.07 Å². The maximum Gasteiger partial charge on any atom is 0.242 e. The van der Waals surface area contributed by atoms with Crippen molar-refractivity contribution in [3.63, 3.8) is 0 Å². The summed E-state index contributed by atoms with van der Waals surface area (Å²) in [5.74, 6) is 1.06. The first kappa shape index (κ1) is 14.0. The Labute approximate surface area is 107 Å². The van der Waals surface area contributed by atoms with E-state index < -0.39 is 6.04 Å². The van der Waals surface area contributed by atoms with Crippen molar-refractivity contribution >= 4 is 24.1 Å². The summed E-state index contributed by atoms with van der Waals surface area (Å²) in [6.07, 6.45) is 2.46. The Morgan fingerprint density at radius 1 is 1.71 bits per heavy atom. The van der Waals surface area contributed by atoms with Gasteiger partial charge in [0.2, 0.25) is 5.91 Å². The van der Waals surface area contributed by atoms with Crippen molar-refractivity contribution in [1.29, 1.82) is 0 Å². The van der Waals surface area contributed by atoms with E-state index in [2.05, 4.69) is 17.3 Å². The number of halogens is 1. The third kappa shape index (κ3) is 3.20. The van der Waals surface area contributed by atoms with E-state index in [0.29, 0.717) is 11.7 Å². The Balaban J connectivity index is 0.00000144. The molecule has 5 nitrogen and oxygen atoms in total. The lowest BCUT2D eigenvalue weighted by Crippen LogP contribution is -2.32. The maximum absolute atomic E-state index is 11.4. The highest BCUT2D eigenvalue weighted by molar-refractivity contribution is 5.93. The van der Waals surface area contributed by atoms with Crippen LogP contribution in [0.5, 0.6) is 0 Å². The van der Waals surface area contributed by atoms with Gasteiger partial charge in [-0.05, 0) is 26.7 Å². The van der Waals surface area contributed by atoms with Crippen molar-refractivity contribution in [2.24, 2.45) is 5.73 Å². The van der Waals surface area contributed by atoms with Gasteiger partial charge in [0.1, 0.15) is 0 Å². The second-order valence-corrected chi connectivity index (χ2v) is 4.32. The maximum atomic E-state index is 11.4. The van der Waals surface area contributed by atoms with Crippen LogP contribution in [0.1, 0.15) is 38.3 Å². The van der Waals surface area contributed by atoms with E-state index in [4.69, 9.17) is 5.73 Å². The number of hydrogen-bond donors (Lipinski definition) is 2. The third-order valence-electron chi connectivity index (χ3n) is 2.77. The standard InChI is InChI=1S/C11H18N4O.ClH/c1-3-15-9(8-4-5-8)6-10(14-15)13-11(16)7(2)12;/h6-8H,3-5,12H2,1-2H3,(H,13,14,16);1H/t7-;/m1./s1. The zero-order chi connectivity index (χ0) is 11.7. The van der Waals surface area contributed by atoms with E-state index in [-0.39, 0.29) is 18.3 Å². The number of anilines is 1. The van der Waals surface area contributed by atoms with Gasteiger partial charge in [0.15, 0.2) is 5.82 Å². The largest absolute Gasteiger partial charge is 0.320 e. The average Bonchev–Trinajstić information content (AvgIpc) is 3.00. The van der Waals surface area contributed by atoms with E-state index in [0.717, 1.165) is 6.54 Å². The van der Waals surface area contributed by atoms with Crippen molar-refractivity contribution in [2.45, 2.75) is 45.2 Å². The number of nitrogens with two attached hydrogens (primary N) is 1. The fourth-order valence-electron chi connectivity index (χ4n) is 1.69. The molecule has 2 rings (SSSR count). The van der Waals surface area contributed by atoms with Crippen LogP contribution in [0.3, 0.4) is 0 Å². The quantitative estimate of drug-likeness (QED) is 0.859. The van der Waals surface area contributed by atoms with Crippen LogP contribution in [0.25, 0.3) is 0 Å². The highest BCUT2D eigenvalue weighted by Gasteiger charge is 2.28. The summed E-state index contributed by atoms with van der Waals surface area (Å²) in [7, 11) is 0. The molecule has 3 N–H and O–H groups in total. The number of carbonyl (C=O) groups excluding carboxylic acids is 1. The van der Waals surface area contributed by atoms with Crippen LogP contribution < -0.4 is 11.1 Å². The van der Waals surface area contributed by atoms with E-state index >= 15 is 0 Å². The molecule has 1 heterocycles. The van der Waals surface area contributed by atoms with Gasteiger partial charge in [-0.3, -0.25) is 9.48 Å². The van der Waals surface area contributed by atoms with Crippen molar-refractivity contribution in [1.82, 2.24) is 9.78 Å². The number of rotatable bonds is 4. The van der Waals surface area contributed by atoms with Crippen molar-refractivity contribution in [3.05, 3.63) is 11.8 Å². The van der Waals surface area contributed by atoms with Crippen LogP contribution in [-0.4, -0.2) is 21.7 Å². The molecule has 1 aliphatic carbocycles. The van der Waals surface area contributed by atoms with Crippen molar-refractivity contribution in [3.8, 4) is 0 Å². The van der Waals surface area contributed by atoms with Gasteiger partial charge in [-0.1, -0.05) is 0 Å². The average molecular weight is 259 g/mol. The molecule has 0 unspecified atom stereocenters. The van der Waals surface area contributed by atoms with Gasteiger partial charge in [-0.2, -0.15) is 5.10 Å². The van der Waals surface area contributed by atoms with Gasteiger partial charge in [0.05, 0.1) is 6.04 Å². The fraction of sp³-hybridized carbons (Fsp3) is 0.636. The predicted octanol–water partition coefficient (Wildman–Crippen LogP) is 1.49. The van der Waals surface area contributed by atoms with Crippen LogP contribution in [0, 0.1) is 0 Å². The first-order chi connectivity index (χ1) is 7.61. The lowest BCUT2D eigenvalue weighted by Gasteiger charge is -2.03. The number of aryl methyl sites for hydroxylation is 1. The summed E-state index contributed by atoms with van der Waals surface area (Å²) >= 11 is 0. The van der Waals surface area contributed by atoms with E-state index in [1.54, 1.807) is 6.92 Å². The Hall–Kier alpha value is -1.07. The molecule has 96 valence electrons. The van der Waals surface area contributed by atoms with E-state index in [9.17, 15) is 4.79 Å². The van der Waals surface area contributed by atoms with Gasteiger partial charge >= 0.3 is 0 Å². The highest BCUT2D eigenvalue weighted by atomic mass is 35.5. The molecule has 17 heavy (non-hydrogen) atoms. The topological polar surface area (TPSA) is 72.9 Å². The first-order valence-corrected chi connectivity index (χ1v) is 5.76. The molecule has 1 fully saturated rings. The molecule has 1 atom stereocenters. The Kier molecular flexibility index (Phi) is 4.54. The molecule has 0 bridgehead atoms. The number of aromatic nitrogens is 2. The van der Waals surface area contributed by atoms with Gasteiger partial charge in [-0.15, -0.1) is 12.4 Å². The number of amides is 1. The minimum atomic E-state index is -0.504. The lowest BCUT2D eigenvalue weighted by molar-refractivity contribution is -0.117. The van der Waals surface area contributed by atoms with Gasteiger partial charge in [0, 0.05) is 24.2 Å². The number of hydrogen-bond acceptors (Lipinski definition) is 3. The number of nitrogens with zero attached hydrogens (tertiary/aromatic N) is 2. The molecule has 1 amide bonds. The summed E-state index contributed by atoms with van der Waals surface area (Å²) in [5, 5.41) is 7.06. The molecule has 1 aromatic rings. The molecular formula is C11H19ClN4O. The Morgan fingerprint density at radius 2 is 2.35 bits per heavy atom. The summed E-state index contributed by atoms with van der Waals surface area (Å²) in [6, 6.07) is 1.46. The normalized spacial score (nSPS) is 16.2. The smallest absolute Gasteiger partial charge is 0.242 e. The lowest BCUT2D eigenvalue weighted by atomic mass is 10.3. The second-order valence-electron chi connectivity index (χ2n) is 4.32. The van der Waals surface area contributed by atoms with Gasteiger partial charge in [-0.25, -0.2) is 0 Å². The summed E-state index contributed by atoms with van der Waals surface area (Å²) in [5.41, 5.74) is 6.71. The number of carbonyl (C=O) groups is 1. The fourth-order valence-corrected chi connectivity index (χ4v) is 1.69. The summed E-state index contributed by atoms with van der Waals surface area (Å²) in [6.45, 7) is 4.55. The third-order valence-corrected chi connectivity index (χ3v) is 2.77. The molecule has 0 aromatic carbocycles. The molecule has 1 aliphatic rings. The van der Waals surface area contributed by atoms with Crippen LogP contribution in [0.4, 0.5) is 5.82 Å². The summed E-state index contributed by atoms with van der Waals surface area (Å²) in [4.78, 5) is 11.4. The van der Waals surface area contributed by atoms with Gasteiger partial charge < -0.3 is 11.1 Å². The molecule has 0 saturated heterocycles. The van der Waals surface area contributed by atoms with E-state index in [1.807, 2.05) is 10.7 Å². The molecular weight excluding hydrogens is 240 g/mol. The Morgan fingerprint density at radius 3 is 2.82 bits per heavy atom. The minimum Gasteiger partial charge on any atom is -0.320 e. The zero-order valence-electron chi connectivity index (χ0n) is 10.1. The van der Waals surface area contributed by atoms with Crippen LogP contribution in [-0.2, 0) is 11.3 Å². The monoisotopic (exact) mass is 258 g/mol. The van der Waals surface area contributed by atoms with Crippen LogP contribution >= 0.6 is 12.4 Å². The van der Waals surface area contributed by atoms with Crippen LogP contribution in [0.2, 0.25) is 0 Å². The molecule has 1 saturated carbocycles. The number of nitrogens with one attached hydrogen (secondary N) is 1. The minimum absolute atomic E-state index is 0. The van der Waals surface area contributed by atoms with Gasteiger partial charge in [0.25, 0.3) is 0 Å². The SMILES string of the molecule is CCn1nc(NC(=O)[C@@H](C)N)cc1C1CC1.Cl. The van der Waals surface area contributed by atoms with Crippen molar-refractivity contribution in [2.75, 3.05) is 5.32 Å². The van der Waals surface area contributed by atoms with Crippen molar-refractivity contribution < 1.29 is 4.79 Å². The first-order valence-electron chi connectivity index (χ1n) is 5.76. The highest BCUT2D eigenvalue weighted by Crippen LogP contribution is 2.40. The molecule has 0 radical (unpaired) electrons. The molecule has 1 aromatic heterocycles. The Bertz CT molecular complexity index is 398. The predicted molar refractivity (Wildman–Crippen MR) is 69.4 cm³/mol. The second kappa shape index (κ2) is 5.51. The molecule has 0 aliphatic heterocycles. The zero-order valence-corrected chi connectivity index (χ0v) is 11.0.